The second kappa shape index (κ2) is 15.3. The van der Waals surface area contributed by atoms with Crippen molar-refractivity contribution < 1.29 is 41.5 Å². The fourth-order valence-corrected chi connectivity index (χ4v) is 10.0. The van der Waals surface area contributed by atoms with Crippen molar-refractivity contribution in [3.8, 4) is 16.6 Å². The van der Waals surface area contributed by atoms with E-state index in [-0.39, 0.29) is 25.3 Å². The summed E-state index contributed by atoms with van der Waals surface area (Å²) in [6, 6.07) is 7.25. The number of thiophene rings is 1. The molecule has 5 atom stereocenters. The van der Waals surface area contributed by atoms with Gasteiger partial charge in [-0.2, -0.15) is 4.98 Å². The van der Waals surface area contributed by atoms with E-state index in [9.17, 15) is 27.6 Å². The van der Waals surface area contributed by atoms with Crippen LogP contribution in [0.15, 0.2) is 52.3 Å². The number of allylic oxidation sites excluding steroid dienone is 1. The first-order valence-corrected chi connectivity index (χ1v) is 22.3. The van der Waals surface area contributed by atoms with E-state index in [2.05, 4.69) is 15.4 Å². The third kappa shape index (κ3) is 8.15. The molecule has 4 aromatic rings. The van der Waals surface area contributed by atoms with Gasteiger partial charge in [-0.05, 0) is 95.4 Å². The molecule has 0 spiro atoms. The molecule has 58 heavy (non-hydrogen) atoms. The topological polar surface area (TPSA) is 199 Å². The van der Waals surface area contributed by atoms with Gasteiger partial charge in [0.05, 0.1) is 16.7 Å². The highest BCUT2D eigenvalue weighted by Gasteiger charge is 2.62. The standard InChI is InChI=1S/C41H48N6O9S2/c1-23-18-19-57-33(23)34-43-31-27-13-10-11-15-30(27)55-32(31)36(44-34)54-25-20-29-35(48)45-41(38(50)46-58(52,53)26-16-17-26)21-24(41)12-8-6-5-7-9-14-28(37(49)47(29)22-25)42-39(51)56-40(2,3)4/h8,10-13,15,18-19,24-26,28-29H,5-7,9,14,16-17,20-22H2,1-4H3,(H,42,51)(H,45,48)(H,46,50)/b12-8-/t24-,25+,28-,29-,41+/m0/s1. The van der Waals surface area contributed by atoms with Crippen LogP contribution >= 0.6 is 11.3 Å². The van der Waals surface area contributed by atoms with Gasteiger partial charge < -0.3 is 29.4 Å². The summed E-state index contributed by atoms with van der Waals surface area (Å²) in [6.45, 7) is 7.08. The number of fused-ring (bicyclic) bond motifs is 5. The minimum atomic E-state index is -3.91. The number of para-hydroxylation sites is 1. The molecular weight excluding hydrogens is 785 g/mol. The lowest BCUT2D eigenvalue weighted by Gasteiger charge is -2.30. The maximum absolute atomic E-state index is 14.7. The van der Waals surface area contributed by atoms with E-state index < -0.39 is 74.3 Å². The Morgan fingerprint density at radius 1 is 1.07 bits per heavy atom. The average Bonchev–Trinajstić information content (AvgIpc) is 4.00. The molecule has 2 aliphatic heterocycles. The van der Waals surface area contributed by atoms with Gasteiger partial charge in [0.25, 0.3) is 11.8 Å². The third-order valence-corrected chi connectivity index (χ3v) is 13.9. The van der Waals surface area contributed by atoms with Crippen molar-refractivity contribution >= 4 is 67.2 Å². The Labute approximate surface area is 340 Å². The fourth-order valence-electron chi connectivity index (χ4n) is 7.80. The summed E-state index contributed by atoms with van der Waals surface area (Å²) in [7, 11) is -3.91. The second-order valence-corrected chi connectivity index (χ2v) is 19.6. The number of carbonyl (C=O) groups is 4. The van der Waals surface area contributed by atoms with E-state index in [0.717, 1.165) is 28.7 Å². The Bertz CT molecular complexity index is 2420. The number of amides is 4. The maximum Gasteiger partial charge on any atom is 0.408 e. The van der Waals surface area contributed by atoms with Crippen LogP contribution in [0.5, 0.6) is 5.88 Å². The van der Waals surface area contributed by atoms with Crippen LogP contribution in [0, 0.1) is 12.8 Å². The molecule has 2 aliphatic carbocycles. The van der Waals surface area contributed by atoms with Gasteiger partial charge in [-0.25, -0.2) is 18.2 Å². The number of alkyl carbamates (subject to hydrolysis) is 1. The lowest BCUT2D eigenvalue weighted by Crippen LogP contribution is -2.58. The minimum Gasteiger partial charge on any atom is -0.470 e. The van der Waals surface area contributed by atoms with Crippen LogP contribution in [0.25, 0.3) is 32.8 Å². The van der Waals surface area contributed by atoms with Gasteiger partial charge in [-0.15, -0.1) is 11.3 Å². The van der Waals surface area contributed by atoms with E-state index in [4.69, 9.17) is 23.9 Å². The van der Waals surface area contributed by atoms with E-state index in [1.165, 1.54) is 16.2 Å². The van der Waals surface area contributed by atoms with Crippen LogP contribution in [0.4, 0.5) is 4.79 Å². The molecular formula is C41H48N6O9S2. The molecule has 308 valence electrons. The van der Waals surface area contributed by atoms with Crippen LogP contribution in [0.2, 0.25) is 0 Å². The second-order valence-electron chi connectivity index (χ2n) is 16.8. The van der Waals surface area contributed by atoms with Gasteiger partial charge in [0.2, 0.25) is 27.4 Å². The van der Waals surface area contributed by atoms with Crippen molar-refractivity contribution in [2.75, 3.05) is 6.54 Å². The van der Waals surface area contributed by atoms with E-state index in [0.29, 0.717) is 54.6 Å². The normalized spacial score (nSPS) is 26.2. The zero-order valence-corrected chi connectivity index (χ0v) is 34.5. The first kappa shape index (κ1) is 39.8. The summed E-state index contributed by atoms with van der Waals surface area (Å²) in [4.78, 5) is 68.1. The predicted molar refractivity (Wildman–Crippen MR) is 216 cm³/mol. The van der Waals surface area contributed by atoms with Crippen LogP contribution in [0.1, 0.15) is 84.1 Å². The molecule has 17 heteroatoms. The van der Waals surface area contributed by atoms with E-state index in [1.54, 1.807) is 20.8 Å². The van der Waals surface area contributed by atoms with Crippen LogP contribution in [-0.2, 0) is 29.1 Å². The first-order valence-electron chi connectivity index (χ1n) is 19.9. The number of nitrogens with zero attached hydrogens (tertiary/aromatic N) is 3. The Kier molecular flexibility index (Phi) is 10.5. The summed E-state index contributed by atoms with van der Waals surface area (Å²) >= 11 is 1.49. The number of benzene rings is 1. The van der Waals surface area contributed by atoms with Gasteiger partial charge in [-0.3, -0.25) is 19.1 Å². The lowest BCUT2D eigenvalue weighted by molar-refractivity contribution is -0.141. The Morgan fingerprint density at radius 3 is 2.60 bits per heavy atom. The number of carbonyl (C=O) groups excluding carboxylic acids is 4. The van der Waals surface area contributed by atoms with Crippen LogP contribution < -0.4 is 20.1 Å². The smallest absolute Gasteiger partial charge is 0.408 e. The monoisotopic (exact) mass is 832 g/mol. The predicted octanol–water partition coefficient (Wildman–Crippen LogP) is 5.66. The van der Waals surface area contributed by atoms with Crippen LogP contribution in [0.3, 0.4) is 0 Å². The molecule has 3 aromatic heterocycles. The van der Waals surface area contributed by atoms with E-state index >= 15 is 0 Å². The molecule has 15 nitrogen and oxygen atoms in total. The number of hydrogen-bond acceptors (Lipinski definition) is 12. The quantitative estimate of drug-likeness (QED) is 0.194. The molecule has 5 heterocycles. The minimum absolute atomic E-state index is 0.00556. The number of rotatable bonds is 7. The number of furan rings is 1. The number of sulfonamides is 1. The van der Waals surface area contributed by atoms with E-state index in [1.807, 2.05) is 54.8 Å². The summed E-state index contributed by atoms with van der Waals surface area (Å²) in [5.74, 6) is -1.83. The number of nitrogens with one attached hydrogen (secondary N) is 3. The number of hydrogen-bond donors (Lipinski definition) is 3. The lowest BCUT2D eigenvalue weighted by atomic mass is 10.0. The zero-order valence-electron chi connectivity index (χ0n) is 32.9. The van der Waals surface area contributed by atoms with Crippen molar-refractivity contribution in [3.63, 3.8) is 0 Å². The largest absolute Gasteiger partial charge is 0.470 e. The van der Waals surface area contributed by atoms with Crippen molar-refractivity contribution in [3.05, 3.63) is 53.4 Å². The molecule has 2 saturated carbocycles. The van der Waals surface area contributed by atoms with Gasteiger partial charge in [0, 0.05) is 17.7 Å². The summed E-state index contributed by atoms with van der Waals surface area (Å²) in [5.41, 5.74) is 0.0749. The Balaban J connectivity index is 1.15. The third-order valence-electron chi connectivity index (χ3n) is 11.1. The average molecular weight is 833 g/mol. The molecule has 4 amide bonds. The molecule has 0 bridgehead atoms. The molecule has 0 unspecified atom stereocenters. The molecule has 1 saturated heterocycles. The SMILES string of the molecule is Cc1ccsc1-c1nc(O[C@@H]2C[C@H]3C(=O)N[C@]4(C(=O)NS(=O)(=O)C5CC5)C[C@@H]4/C=C\CCCCC[C@H](NC(=O)OC(C)(C)C)C(=O)N3C2)c2oc3ccccc3c2n1. The first-order chi connectivity index (χ1) is 27.6. The highest BCUT2D eigenvalue weighted by Crippen LogP contribution is 2.46. The maximum atomic E-state index is 14.7. The Hall–Kier alpha value is -5.03. The number of aromatic nitrogens is 2. The molecule has 3 N–H and O–H groups in total. The van der Waals surface area contributed by atoms with Crippen LogP contribution in [-0.4, -0.2) is 88.2 Å². The number of aryl methyl sites for hydroxylation is 1. The molecule has 8 rings (SSSR count). The summed E-state index contributed by atoms with van der Waals surface area (Å²) in [5, 5.41) is 7.73. The van der Waals surface area contributed by atoms with Gasteiger partial charge in [-0.1, -0.05) is 37.1 Å². The zero-order chi connectivity index (χ0) is 41.0. The van der Waals surface area contributed by atoms with Crippen molar-refractivity contribution in [2.45, 2.75) is 120 Å². The van der Waals surface area contributed by atoms with Crippen molar-refractivity contribution in [1.82, 2.24) is 30.2 Å². The number of ether oxygens (including phenoxy) is 2. The van der Waals surface area contributed by atoms with Gasteiger partial charge >= 0.3 is 6.09 Å². The van der Waals surface area contributed by atoms with Crippen molar-refractivity contribution in [2.24, 2.45) is 5.92 Å². The molecule has 0 radical (unpaired) electrons. The summed E-state index contributed by atoms with van der Waals surface area (Å²) < 4.78 is 46.5. The highest BCUT2D eigenvalue weighted by atomic mass is 32.2. The molecule has 1 aromatic carbocycles. The van der Waals surface area contributed by atoms with Crippen molar-refractivity contribution in [1.29, 1.82) is 0 Å². The fraction of sp³-hybridized carbons (Fsp3) is 0.512. The molecule has 4 aliphatic rings. The molecule has 3 fully saturated rings. The summed E-state index contributed by atoms with van der Waals surface area (Å²) in [6.07, 6.45) is 6.48. The van der Waals surface area contributed by atoms with Gasteiger partial charge in [0.1, 0.15) is 40.4 Å². The Morgan fingerprint density at radius 2 is 1.86 bits per heavy atom. The van der Waals surface area contributed by atoms with Gasteiger partial charge in [0.15, 0.2) is 5.82 Å². The highest BCUT2D eigenvalue weighted by molar-refractivity contribution is 7.91.